The molecule has 0 bridgehead atoms. The van der Waals surface area contributed by atoms with E-state index in [1.807, 2.05) is 13.0 Å². The highest BCUT2D eigenvalue weighted by molar-refractivity contribution is 7.17. The third-order valence-electron chi connectivity index (χ3n) is 4.10. The number of rotatable bonds is 10. The van der Waals surface area contributed by atoms with E-state index in [4.69, 9.17) is 23.7 Å². The lowest BCUT2D eigenvalue weighted by molar-refractivity contribution is 0.146. The SMILES string of the molecule is COCCOc1nc(C)c(-c2ccnc(Nc3cc(OC)c(OC)c(OC)c3)n2)s1. The second-order valence-electron chi connectivity index (χ2n) is 6.04. The predicted octanol–water partition coefficient (Wildman–Crippen LogP) is 3.70. The van der Waals surface area contributed by atoms with Crippen molar-refractivity contribution >= 4 is 23.0 Å². The van der Waals surface area contributed by atoms with Crippen LogP contribution in [-0.2, 0) is 4.74 Å². The molecule has 0 atom stereocenters. The van der Waals surface area contributed by atoms with Crippen LogP contribution in [0, 0.1) is 6.92 Å². The van der Waals surface area contributed by atoms with Gasteiger partial charge in [0, 0.05) is 31.1 Å². The maximum absolute atomic E-state index is 5.61. The molecule has 160 valence electrons. The number of aromatic nitrogens is 3. The molecule has 0 aliphatic rings. The van der Waals surface area contributed by atoms with Gasteiger partial charge in [-0.05, 0) is 13.0 Å². The molecule has 0 fully saturated rings. The van der Waals surface area contributed by atoms with Gasteiger partial charge in [-0.2, -0.15) is 0 Å². The number of anilines is 2. The Hall–Kier alpha value is -3.11. The maximum atomic E-state index is 5.61. The van der Waals surface area contributed by atoms with E-state index in [-0.39, 0.29) is 0 Å². The smallest absolute Gasteiger partial charge is 0.274 e. The molecule has 0 spiro atoms. The minimum atomic E-state index is 0.427. The molecule has 1 aromatic carbocycles. The Labute approximate surface area is 179 Å². The molecule has 2 heterocycles. The first-order valence-electron chi connectivity index (χ1n) is 9.09. The van der Waals surface area contributed by atoms with Crippen molar-refractivity contribution in [1.82, 2.24) is 15.0 Å². The fourth-order valence-electron chi connectivity index (χ4n) is 2.71. The number of ether oxygens (including phenoxy) is 5. The summed E-state index contributed by atoms with van der Waals surface area (Å²) in [5, 5.41) is 3.76. The maximum Gasteiger partial charge on any atom is 0.274 e. The Morgan fingerprint density at radius 2 is 1.70 bits per heavy atom. The van der Waals surface area contributed by atoms with Gasteiger partial charge in [0.15, 0.2) is 11.5 Å². The summed E-state index contributed by atoms with van der Waals surface area (Å²) in [5.41, 5.74) is 2.28. The predicted molar refractivity (Wildman–Crippen MR) is 115 cm³/mol. The van der Waals surface area contributed by atoms with E-state index in [1.54, 1.807) is 46.8 Å². The normalized spacial score (nSPS) is 10.6. The number of nitrogens with zero attached hydrogens (tertiary/aromatic N) is 3. The molecule has 1 N–H and O–H groups in total. The van der Waals surface area contributed by atoms with E-state index >= 15 is 0 Å². The Balaban J connectivity index is 1.85. The molecule has 9 nitrogen and oxygen atoms in total. The summed E-state index contributed by atoms with van der Waals surface area (Å²) >= 11 is 1.43. The van der Waals surface area contributed by atoms with Crippen molar-refractivity contribution in [3.05, 3.63) is 30.1 Å². The first-order chi connectivity index (χ1) is 14.6. The Kier molecular flexibility index (Phi) is 7.26. The molecule has 2 aromatic heterocycles. The number of thiazole rings is 1. The van der Waals surface area contributed by atoms with Crippen LogP contribution < -0.4 is 24.3 Å². The molecule has 10 heteroatoms. The van der Waals surface area contributed by atoms with Crippen molar-refractivity contribution in [2.75, 3.05) is 47.0 Å². The number of hydrogen-bond donors (Lipinski definition) is 1. The first-order valence-corrected chi connectivity index (χ1v) is 9.90. The van der Waals surface area contributed by atoms with Gasteiger partial charge in [-0.25, -0.2) is 15.0 Å². The lowest BCUT2D eigenvalue weighted by Crippen LogP contribution is -2.03. The van der Waals surface area contributed by atoms with E-state index in [0.29, 0.717) is 47.3 Å². The second kappa shape index (κ2) is 10.1. The van der Waals surface area contributed by atoms with Gasteiger partial charge in [0.25, 0.3) is 5.19 Å². The highest BCUT2D eigenvalue weighted by Crippen LogP contribution is 2.40. The van der Waals surface area contributed by atoms with Gasteiger partial charge < -0.3 is 29.0 Å². The van der Waals surface area contributed by atoms with Crippen molar-refractivity contribution in [3.8, 4) is 33.0 Å². The second-order valence-corrected chi connectivity index (χ2v) is 7.00. The minimum Gasteiger partial charge on any atom is -0.493 e. The zero-order valence-corrected chi connectivity index (χ0v) is 18.3. The number of hydrogen-bond acceptors (Lipinski definition) is 10. The summed E-state index contributed by atoms with van der Waals surface area (Å²) < 4.78 is 26.8. The molecule has 0 amide bonds. The molecule has 0 saturated carbocycles. The van der Waals surface area contributed by atoms with Crippen LogP contribution in [0.25, 0.3) is 10.6 Å². The van der Waals surface area contributed by atoms with Crippen LogP contribution in [-0.4, -0.2) is 56.6 Å². The zero-order valence-electron chi connectivity index (χ0n) is 17.5. The lowest BCUT2D eigenvalue weighted by Gasteiger charge is -2.14. The number of aryl methyl sites for hydroxylation is 1. The van der Waals surface area contributed by atoms with E-state index < -0.39 is 0 Å². The van der Waals surface area contributed by atoms with E-state index in [0.717, 1.165) is 16.3 Å². The van der Waals surface area contributed by atoms with Crippen molar-refractivity contribution in [1.29, 1.82) is 0 Å². The fourth-order valence-corrected chi connectivity index (χ4v) is 3.62. The molecule has 30 heavy (non-hydrogen) atoms. The Morgan fingerprint density at radius 1 is 0.967 bits per heavy atom. The third kappa shape index (κ3) is 4.89. The number of benzene rings is 1. The summed E-state index contributed by atoms with van der Waals surface area (Å²) in [6, 6.07) is 5.41. The lowest BCUT2D eigenvalue weighted by atomic mass is 10.2. The van der Waals surface area contributed by atoms with Gasteiger partial charge in [0.1, 0.15) is 6.61 Å². The summed E-state index contributed by atoms with van der Waals surface area (Å²) in [6.45, 7) is 2.87. The Morgan fingerprint density at radius 3 is 2.33 bits per heavy atom. The van der Waals surface area contributed by atoms with Crippen LogP contribution in [0.15, 0.2) is 24.4 Å². The fraction of sp³-hybridized carbons (Fsp3) is 0.350. The summed E-state index contributed by atoms with van der Waals surface area (Å²) in [6.07, 6.45) is 1.69. The zero-order chi connectivity index (χ0) is 21.5. The topological polar surface area (TPSA) is 96.9 Å². The summed E-state index contributed by atoms with van der Waals surface area (Å²) in [5.74, 6) is 2.01. The average molecular weight is 433 g/mol. The van der Waals surface area contributed by atoms with Crippen molar-refractivity contribution in [3.63, 3.8) is 0 Å². The van der Waals surface area contributed by atoms with Crippen molar-refractivity contribution < 1.29 is 23.7 Å². The average Bonchev–Trinajstić information content (AvgIpc) is 3.13. The highest BCUT2D eigenvalue weighted by Gasteiger charge is 2.15. The van der Waals surface area contributed by atoms with Crippen LogP contribution in [0.1, 0.15) is 5.69 Å². The van der Waals surface area contributed by atoms with Gasteiger partial charge in [0.05, 0.1) is 44.2 Å². The largest absolute Gasteiger partial charge is 0.493 e. The molecular weight excluding hydrogens is 408 g/mol. The van der Waals surface area contributed by atoms with Crippen LogP contribution >= 0.6 is 11.3 Å². The van der Waals surface area contributed by atoms with Crippen molar-refractivity contribution in [2.45, 2.75) is 6.92 Å². The van der Waals surface area contributed by atoms with Gasteiger partial charge >= 0.3 is 0 Å². The van der Waals surface area contributed by atoms with Crippen LogP contribution in [0.5, 0.6) is 22.4 Å². The van der Waals surface area contributed by atoms with E-state index in [1.165, 1.54) is 11.3 Å². The molecular formula is C20H24N4O5S. The van der Waals surface area contributed by atoms with Gasteiger partial charge in [-0.3, -0.25) is 0 Å². The van der Waals surface area contributed by atoms with Gasteiger partial charge in [-0.1, -0.05) is 11.3 Å². The van der Waals surface area contributed by atoms with Gasteiger partial charge in [-0.15, -0.1) is 0 Å². The standard InChI is InChI=1S/C20H24N4O5S/c1-12-18(30-20(22-12)29-9-8-25-2)14-6-7-21-19(24-14)23-13-10-15(26-3)17(28-5)16(11-13)27-4/h6-7,10-11H,8-9H2,1-5H3,(H,21,23,24). The molecule has 3 rings (SSSR count). The molecule has 0 radical (unpaired) electrons. The van der Waals surface area contributed by atoms with E-state index in [9.17, 15) is 0 Å². The van der Waals surface area contributed by atoms with Crippen LogP contribution in [0.4, 0.5) is 11.6 Å². The summed E-state index contributed by atoms with van der Waals surface area (Å²) in [4.78, 5) is 14.3. The minimum absolute atomic E-state index is 0.427. The summed E-state index contributed by atoms with van der Waals surface area (Å²) in [7, 11) is 6.32. The van der Waals surface area contributed by atoms with Crippen LogP contribution in [0.3, 0.4) is 0 Å². The first kappa shape index (κ1) is 21.6. The molecule has 3 aromatic rings. The Bertz CT molecular complexity index is 970. The number of nitrogens with one attached hydrogen (secondary N) is 1. The highest BCUT2D eigenvalue weighted by atomic mass is 32.1. The quantitative estimate of drug-likeness (QED) is 0.481. The van der Waals surface area contributed by atoms with Crippen molar-refractivity contribution in [2.24, 2.45) is 0 Å². The molecule has 0 unspecified atom stereocenters. The third-order valence-corrected chi connectivity index (χ3v) is 5.19. The molecule has 0 aliphatic carbocycles. The van der Waals surface area contributed by atoms with Gasteiger partial charge in [0.2, 0.25) is 11.7 Å². The molecule has 0 saturated heterocycles. The monoisotopic (exact) mass is 432 g/mol. The molecule has 0 aliphatic heterocycles. The van der Waals surface area contributed by atoms with Crippen LogP contribution in [0.2, 0.25) is 0 Å². The number of methoxy groups -OCH3 is 4. The van der Waals surface area contributed by atoms with E-state index in [2.05, 4.69) is 20.3 Å².